The van der Waals surface area contributed by atoms with Crippen molar-refractivity contribution in [1.82, 2.24) is 0 Å². The Morgan fingerprint density at radius 3 is 2.50 bits per heavy atom. The van der Waals surface area contributed by atoms with Crippen molar-refractivity contribution in [3.8, 4) is 0 Å². The fourth-order valence-corrected chi connectivity index (χ4v) is 1.48. The maximum Gasteiger partial charge on any atom is 0.328 e. The zero-order valence-electron chi connectivity index (χ0n) is 7.38. The Balaban J connectivity index is 2.56. The molecule has 0 aliphatic carbocycles. The number of carboxylic acid groups (broad SMARTS) is 1. The van der Waals surface area contributed by atoms with E-state index in [2.05, 4.69) is 0 Å². The van der Waals surface area contributed by atoms with Gasteiger partial charge in [0.15, 0.2) is 0 Å². The van der Waals surface area contributed by atoms with Crippen molar-refractivity contribution >= 4 is 17.7 Å². The molecule has 0 aromatic heterocycles. The molecular weight excluding hydrogens is 200 g/mol. The lowest BCUT2D eigenvalue weighted by Crippen LogP contribution is -1.84. The van der Waals surface area contributed by atoms with Crippen LogP contribution >= 0.6 is 11.8 Å². The highest BCUT2D eigenvalue weighted by Gasteiger charge is 1.92. The zero-order valence-corrected chi connectivity index (χ0v) is 8.20. The summed E-state index contributed by atoms with van der Waals surface area (Å²) in [5.74, 6) is -0.954. The van der Waals surface area contributed by atoms with Crippen molar-refractivity contribution in [1.29, 1.82) is 0 Å². The Hall–Kier alpha value is -1.26. The molecule has 1 aromatic carbocycles. The molecule has 0 radical (unpaired) electrons. The largest absolute Gasteiger partial charge is 0.478 e. The molecule has 0 amide bonds. The van der Waals surface area contributed by atoms with Crippen LogP contribution in [-0.2, 0) is 11.4 Å². The Morgan fingerprint density at radius 1 is 1.36 bits per heavy atom. The smallest absolute Gasteiger partial charge is 0.328 e. The second-order valence-corrected chi connectivity index (χ2v) is 3.54. The van der Waals surface area contributed by atoms with Gasteiger partial charge in [0, 0.05) is 11.0 Å². The average molecular weight is 210 g/mol. The third kappa shape index (κ3) is 3.64. The van der Waals surface area contributed by atoms with Crippen LogP contribution in [0.4, 0.5) is 0 Å². The lowest BCUT2D eigenvalue weighted by atomic mass is 10.2. The highest BCUT2D eigenvalue weighted by atomic mass is 32.2. The fraction of sp³-hybridized carbons (Fsp3) is 0.100. The summed E-state index contributed by atoms with van der Waals surface area (Å²) >= 11 is 1.32. The van der Waals surface area contributed by atoms with Crippen molar-refractivity contribution in [3.05, 3.63) is 41.3 Å². The van der Waals surface area contributed by atoms with Crippen LogP contribution in [-0.4, -0.2) is 16.2 Å². The van der Waals surface area contributed by atoms with Gasteiger partial charge in [-0.15, -0.1) is 0 Å². The van der Waals surface area contributed by atoms with Gasteiger partial charge in [0.05, 0.1) is 6.61 Å². The quantitative estimate of drug-likeness (QED) is 0.588. The molecule has 1 aromatic rings. The monoisotopic (exact) mass is 210 g/mol. The topological polar surface area (TPSA) is 57.5 Å². The molecule has 0 aliphatic rings. The molecule has 0 aliphatic heterocycles. The lowest BCUT2D eigenvalue weighted by Gasteiger charge is -1.97. The first-order chi connectivity index (χ1) is 6.72. The Labute approximate surface area is 86.1 Å². The van der Waals surface area contributed by atoms with E-state index in [1.807, 2.05) is 12.1 Å². The van der Waals surface area contributed by atoms with Gasteiger partial charge in [-0.2, -0.15) is 0 Å². The van der Waals surface area contributed by atoms with Crippen LogP contribution in [0.3, 0.4) is 0 Å². The normalized spacial score (nSPS) is 10.6. The van der Waals surface area contributed by atoms with Crippen LogP contribution in [0.15, 0.2) is 40.6 Å². The number of hydrogen-bond donors (Lipinski definition) is 2. The van der Waals surface area contributed by atoms with Gasteiger partial charge in [0.25, 0.3) is 0 Å². The molecule has 0 bridgehead atoms. The van der Waals surface area contributed by atoms with E-state index in [9.17, 15) is 4.79 Å². The van der Waals surface area contributed by atoms with Gasteiger partial charge in [-0.25, -0.2) is 4.79 Å². The number of thioether (sulfide) groups is 1. The van der Waals surface area contributed by atoms with Crippen molar-refractivity contribution in [3.63, 3.8) is 0 Å². The number of carboxylic acids is 1. The summed E-state index contributed by atoms with van der Waals surface area (Å²) < 4.78 is 0. The summed E-state index contributed by atoms with van der Waals surface area (Å²) in [6.45, 7) is 0.0237. The van der Waals surface area contributed by atoms with Gasteiger partial charge in [0.1, 0.15) is 0 Å². The lowest BCUT2D eigenvalue weighted by molar-refractivity contribution is -0.131. The molecule has 0 atom stereocenters. The zero-order chi connectivity index (χ0) is 10.4. The molecule has 4 heteroatoms. The first-order valence-electron chi connectivity index (χ1n) is 3.98. The van der Waals surface area contributed by atoms with Crippen molar-refractivity contribution in [2.45, 2.75) is 11.5 Å². The van der Waals surface area contributed by atoms with Crippen molar-refractivity contribution < 1.29 is 15.0 Å². The van der Waals surface area contributed by atoms with Gasteiger partial charge in [0.2, 0.25) is 0 Å². The molecule has 0 heterocycles. The molecule has 3 nitrogen and oxygen atoms in total. The minimum Gasteiger partial charge on any atom is -0.478 e. The van der Waals surface area contributed by atoms with E-state index in [0.29, 0.717) is 0 Å². The Bertz CT molecular complexity index is 330. The van der Waals surface area contributed by atoms with E-state index in [0.717, 1.165) is 16.5 Å². The van der Waals surface area contributed by atoms with Crippen molar-refractivity contribution in [2.24, 2.45) is 0 Å². The number of rotatable bonds is 4. The molecule has 0 fully saturated rings. The summed E-state index contributed by atoms with van der Waals surface area (Å²) in [5, 5.41) is 18.6. The van der Waals surface area contributed by atoms with Crippen LogP contribution in [0.5, 0.6) is 0 Å². The minimum absolute atomic E-state index is 0.0237. The maximum absolute atomic E-state index is 10.2. The van der Waals surface area contributed by atoms with Crippen LogP contribution in [0.2, 0.25) is 0 Å². The first-order valence-corrected chi connectivity index (χ1v) is 4.86. The van der Waals surface area contributed by atoms with E-state index in [1.165, 1.54) is 17.2 Å². The third-order valence-electron chi connectivity index (χ3n) is 1.52. The van der Waals surface area contributed by atoms with Gasteiger partial charge < -0.3 is 10.2 Å². The molecule has 0 saturated heterocycles. The molecular formula is C10H10O3S. The summed E-state index contributed by atoms with van der Waals surface area (Å²) in [6.07, 6.45) is 1.09. The summed E-state index contributed by atoms with van der Waals surface area (Å²) in [6, 6.07) is 7.28. The van der Waals surface area contributed by atoms with E-state index in [-0.39, 0.29) is 6.61 Å². The van der Waals surface area contributed by atoms with Gasteiger partial charge in [-0.3, -0.25) is 0 Å². The molecule has 14 heavy (non-hydrogen) atoms. The number of aliphatic carboxylic acids is 1. The van der Waals surface area contributed by atoms with Gasteiger partial charge >= 0.3 is 5.97 Å². The average Bonchev–Trinajstić information content (AvgIpc) is 2.18. The van der Waals surface area contributed by atoms with Crippen LogP contribution in [0, 0.1) is 0 Å². The highest BCUT2D eigenvalue weighted by Crippen LogP contribution is 2.19. The van der Waals surface area contributed by atoms with Gasteiger partial charge in [-0.05, 0) is 23.1 Å². The second kappa shape index (κ2) is 5.47. The number of aliphatic hydroxyl groups excluding tert-OH is 1. The molecule has 0 unspecified atom stereocenters. The number of hydrogen-bond acceptors (Lipinski definition) is 3. The maximum atomic E-state index is 10.2. The fourth-order valence-electron chi connectivity index (χ4n) is 0.844. The first kappa shape index (κ1) is 10.8. The predicted octanol–water partition coefficient (Wildman–Crippen LogP) is 1.87. The summed E-state index contributed by atoms with van der Waals surface area (Å²) in [5.41, 5.74) is 0.844. The second-order valence-electron chi connectivity index (χ2n) is 2.56. The predicted molar refractivity (Wildman–Crippen MR) is 55.0 cm³/mol. The van der Waals surface area contributed by atoms with E-state index in [1.54, 1.807) is 12.1 Å². The van der Waals surface area contributed by atoms with Crippen LogP contribution < -0.4 is 0 Å². The van der Waals surface area contributed by atoms with E-state index in [4.69, 9.17) is 10.2 Å². The molecule has 0 spiro atoms. The van der Waals surface area contributed by atoms with E-state index >= 15 is 0 Å². The summed E-state index contributed by atoms with van der Waals surface area (Å²) in [4.78, 5) is 11.1. The third-order valence-corrected chi connectivity index (χ3v) is 2.34. The van der Waals surface area contributed by atoms with E-state index < -0.39 is 5.97 Å². The number of benzene rings is 1. The SMILES string of the molecule is O=C(O)/C=C/Sc1ccc(CO)cc1. The standard InChI is InChI=1S/C10H10O3S/c11-7-8-1-3-9(4-2-8)14-6-5-10(12)13/h1-6,11H,7H2,(H,12,13)/b6-5+. The summed E-state index contributed by atoms with van der Waals surface area (Å²) in [7, 11) is 0. The minimum atomic E-state index is -0.954. The van der Waals surface area contributed by atoms with Gasteiger partial charge in [-0.1, -0.05) is 23.9 Å². The van der Waals surface area contributed by atoms with Crippen LogP contribution in [0.1, 0.15) is 5.56 Å². The molecule has 2 N–H and O–H groups in total. The Morgan fingerprint density at radius 2 is 2.00 bits per heavy atom. The van der Waals surface area contributed by atoms with Crippen LogP contribution in [0.25, 0.3) is 0 Å². The highest BCUT2D eigenvalue weighted by molar-refractivity contribution is 8.02. The Kier molecular flexibility index (Phi) is 4.22. The molecule has 0 saturated carbocycles. The number of carbonyl (C=O) groups is 1. The van der Waals surface area contributed by atoms with Crippen molar-refractivity contribution in [2.75, 3.05) is 0 Å². The molecule has 74 valence electrons. The number of aliphatic hydroxyl groups is 1. The molecule has 1 rings (SSSR count).